The fourth-order valence-corrected chi connectivity index (χ4v) is 2.23. The van der Waals surface area contributed by atoms with E-state index >= 15 is 0 Å². The average molecular weight is 255 g/mol. The zero-order chi connectivity index (χ0) is 13.2. The summed E-state index contributed by atoms with van der Waals surface area (Å²) in [5.74, 6) is 0.578. The second-order valence-electron chi connectivity index (χ2n) is 4.23. The van der Waals surface area contributed by atoms with Crippen molar-refractivity contribution in [2.24, 2.45) is 0 Å². The monoisotopic (exact) mass is 255 g/mol. The first kappa shape index (κ1) is 12.1. The van der Waals surface area contributed by atoms with E-state index in [9.17, 15) is 5.02 Å². The van der Waals surface area contributed by atoms with E-state index in [4.69, 9.17) is 9.31 Å². The van der Waals surface area contributed by atoms with E-state index in [1.807, 2.05) is 30.3 Å². The molecule has 19 heavy (non-hydrogen) atoms. The number of hydrogen-bond acceptors (Lipinski definition) is 3. The first-order valence-corrected chi connectivity index (χ1v) is 6.25. The molecule has 96 valence electrons. The highest BCUT2D eigenvalue weighted by Gasteiger charge is 2.19. The SMILES string of the molecule is CCOB(O)Oc1cccc2c1[nH]c1ccccc12. The normalized spacial score (nSPS) is 11.1. The van der Waals surface area contributed by atoms with Crippen LogP contribution in [-0.4, -0.2) is 23.9 Å². The van der Waals surface area contributed by atoms with Crippen LogP contribution in [0.2, 0.25) is 0 Å². The Hall–Kier alpha value is -1.98. The van der Waals surface area contributed by atoms with Crippen LogP contribution >= 0.6 is 0 Å². The Bertz CT molecular complexity index is 710. The van der Waals surface area contributed by atoms with Crippen LogP contribution in [0.15, 0.2) is 42.5 Å². The number of aromatic nitrogens is 1. The van der Waals surface area contributed by atoms with Crippen LogP contribution in [0, 0.1) is 0 Å². The Morgan fingerprint density at radius 3 is 2.74 bits per heavy atom. The molecule has 0 unspecified atom stereocenters. The second-order valence-corrected chi connectivity index (χ2v) is 4.23. The van der Waals surface area contributed by atoms with Gasteiger partial charge in [-0.3, -0.25) is 0 Å². The molecule has 3 rings (SSSR count). The number of para-hydroxylation sites is 2. The third kappa shape index (κ3) is 2.18. The van der Waals surface area contributed by atoms with Gasteiger partial charge in [-0.25, -0.2) is 0 Å². The number of rotatable bonds is 4. The van der Waals surface area contributed by atoms with E-state index in [2.05, 4.69) is 11.1 Å². The number of benzene rings is 2. The molecule has 0 aliphatic heterocycles. The van der Waals surface area contributed by atoms with Crippen LogP contribution < -0.4 is 4.65 Å². The molecule has 1 aromatic heterocycles. The predicted molar refractivity (Wildman–Crippen MR) is 76.0 cm³/mol. The van der Waals surface area contributed by atoms with Crippen molar-refractivity contribution < 1.29 is 14.3 Å². The van der Waals surface area contributed by atoms with Gasteiger partial charge in [-0.15, -0.1) is 0 Å². The van der Waals surface area contributed by atoms with Crippen LogP contribution in [-0.2, 0) is 4.65 Å². The fraction of sp³-hybridized carbons (Fsp3) is 0.143. The topological polar surface area (TPSA) is 54.5 Å². The zero-order valence-corrected chi connectivity index (χ0v) is 10.6. The minimum absolute atomic E-state index is 0.393. The van der Waals surface area contributed by atoms with Crippen molar-refractivity contribution in [1.29, 1.82) is 0 Å². The molecule has 0 spiro atoms. The highest BCUT2D eigenvalue weighted by Crippen LogP contribution is 2.31. The van der Waals surface area contributed by atoms with Gasteiger partial charge in [-0.05, 0) is 19.1 Å². The largest absolute Gasteiger partial charge is 0.710 e. The smallest absolute Gasteiger partial charge is 0.510 e. The predicted octanol–water partition coefficient (Wildman–Crippen LogP) is 2.71. The third-order valence-corrected chi connectivity index (χ3v) is 3.04. The molecule has 2 aromatic carbocycles. The van der Waals surface area contributed by atoms with Gasteiger partial charge in [0.15, 0.2) is 0 Å². The molecule has 3 aromatic rings. The lowest BCUT2D eigenvalue weighted by molar-refractivity contribution is 0.205. The van der Waals surface area contributed by atoms with E-state index in [0.717, 1.165) is 21.8 Å². The average Bonchev–Trinajstić information content (AvgIpc) is 2.79. The summed E-state index contributed by atoms with van der Waals surface area (Å²) in [6.07, 6.45) is 0. The molecule has 0 bridgehead atoms. The van der Waals surface area contributed by atoms with Gasteiger partial charge in [0.1, 0.15) is 5.75 Å². The molecule has 4 nitrogen and oxygen atoms in total. The van der Waals surface area contributed by atoms with E-state index < -0.39 is 7.32 Å². The van der Waals surface area contributed by atoms with Gasteiger partial charge in [-0.1, -0.05) is 30.3 Å². The van der Waals surface area contributed by atoms with Gasteiger partial charge in [0, 0.05) is 22.9 Å². The maximum atomic E-state index is 9.58. The van der Waals surface area contributed by atoms with Crippen LogP contribution in [0.25, 0.3) is 21.8 Å². The van der Waals surface area contributed by atoms with E-state index in [-0.39, 0.29) is 0 Å². The van der Waals surface area contributed by atoms with Crippen molar-refractivity contribution >= 4 is 29.1 Å². The second kappa shape index (κ2) is 4.95. The van der Waals surface area contributed by atoms with Crippen LogP contribution in [0.4, 0.5) is 0 Å². The Morgan fingerprint density at radius 2 is 1.89 bits per heavy atom. The highest BCUT2D eigenvalue weighted by atomic mass is 16.7. The lowest BCUT2D eigenvalue weighted by atomic mass is 10.1. The Balaban J connectivity index is 2.10. The molecule has 0 aliphatic rings. The van der Waals surface area contributed by atoms with E-state index in [1.165, 1.54) is 0 Å². The van der Waals surface area contributed by atoms with Crippen molar-refractivity contribution in [1.82, 2.24) is 4.98 Å². The summed E-state index contributed by atoms with van der Waals surface area (Å²) in [6.45, 7) is 2.19. The molecular formula is C14H14BNO3. The van der Waals surface area contributed by atoms with Crippen molar-refractivity contribution in [3.63, 3.8) is 0 Å². The summed E-state index contributed by atoms with van der Waals surface area (Å²) in [5, 5.41) is 11.8. The summed E-state index contributed by atoms with van der Waals surface area (Å²) < 4.78 is 10.4. The van der Waals surface area contributed by atoms with Crippen LogP contribution in [0.5, 0.6) is 5.75 Å². The van der Waals surface area contributed by atoms with Gasteiger partial charge in [-0.2, -0.15) is 0 Å². The lowest BCUT2D eigenvalue weighted by Crippen LogP contribution is -2.26. The third-order valence-electron chi connectivity index (χ3n) is 3.04. The summed E-state index contributed by atoms with van der Waals surface area (Å²) in [5.41, 5.74) is 1.90. The first-order chi connectivity index (χ1) is 9.29. The van der Waals surface area contributed by atoms with E-state index in [1.54, 1.807) is 13.0 Å². The Labute approximate surface area is 111 Å². The molecule has 0 amide bonds. The summed E-state index contributed by atoms with van der Waals surface area (Å²) in [7, 11) is -1.25. The first-order valence-electron chi connectivity index (χ1n) is 6.25. The van der Waals surface area contributed by atoms with Crippen molar-refractivity contribution in [2.45, 2.75) is 6.92 Å². The summed E-state index contributed by atoms with van der Waals surface area (Å²) in [6, 6.07) is 13.8. The van der Waals surface area contributed by atoms with Crippen molar-refractivity contribution in [2.75, 3.05) is 6.61 Å². The zero-order valence-electron chi connectivity index (χ0n) is 10.6. The molecule has 0 saturated carbocycles. The molecule has 2 N–H and O–H groups in total. The number of nitrogens with one attached hydrogen (secondary N) is 1. The molecule has 0 aliphatic carbocycles. The molecule has 1 heterocycles. The van der Waals surface area contributed by atoms with Gasteiger partial charge in [0.05, 0.1) is 5.52 Å². The lowest BCUT2D eigenvalue weighted by Gasteiger charge is -2.09. The van der Waals surface area contributed by atoms with Gasteiger partial charge < -0.3 is 19.3 Å². The quantitative estimate of drug-likeness (QED) is 0.704. The Kier molecular flexibility index (Phi) is 3.15. The summed E-state index contributed by atoms with van der Waals surface area (Å²) in [4.78, 5) is 3.30. The van der Waals surface area contributed by atoms with Crippen LogP contribution in [0.3, 0.4) is 0 Å². The number of fused-ring (bicyclic) bond motifs is 3. The van der Waals surface area contributed by atoms with Gasteiger partial charge >= 0.3 is 7.32 Å². The van der Waals surface area contributed by atoms with Gasteiger partial charge in [0.25, 0.3) is 0 Å². The van der Waals surface area contributed by atoms with E-state index in [0.29, 0.717) is 12.4 Å². The van der Waals surface area contributed by atoms with Crippen molar-refractivity contribution in [3.8, 4) is 5.75 Å². The maximum absolute atomic E-state index is 9.58. The maximum Gasteiger partial charge on any atom is 0.710 e. The minimum Gasteiger partial charge on any atom is -0.510 e. The Morgan fingerprint density at radius 1 is 1.11 bits per heavy atom. The number of H-pyrrole nitrogens is 1. The van der Waals surface area contributed by atoms with Gasteiger partial charge in [0.2, 0.25) is 0 Å². The number of hydrogen-bond donors (Lipinski definition) is 2. The molecule has 0 atom stereocenters. The minimum atomic E-state index is -1.25. The fourth-order valence-electron chi connectivity index (χ4n) is 2.23. The highest BCUT2D eigenvalue weighted by molar-refractivity contribution is 6.36. The molecule has 0 fully saturated rings. The number of aromatic amines is 1. The van der Waals surface area contributed by atoms with Crippen LogP contribution in [0.1, 0.15) is 6.92 Å². The molecular weight excluding hydrogens is 241 g/mol. The summed E-state index contributed by atoms with van der Waals surface area (Å²) >= 11 is 0. The molecule has 0 saturated heterocycles. The standard InChI is InChI=1S/C14H14BNO3/c1-2-18-15(17)19-13-9-5-7-11-10-6-3-4-8-12(10)16-14(11)13/h3-9,16-17H,2H2,1H3. The molecule has 0 radical (unpaired) electrons. The molecule has 5 heteroatoms. The van der Waals surface area contributed by atoms with Crippen molar-refractivity contribution in [3.05, 3.63) is 42.5 Å².